The average molecular weight is 314 g/mol. The van der Waals surface area contributed by atoms with Crippen molar-refractivity contribution in [2.75, 3.05) is 27.3 Å². The van der Waals surface area contributed by atoms with Crippen molar-refractivity contribution < 1.29 is 9.47 Å². The van der Waals surface area contributed by atoms with Gasteiger partial charge in [-0.15, -0.1) is 0 Å². The Hall–Kier alpha value is -1.43. The number of fused-ring (bicyclic) bond motifs is 1. The minimum atomic E-state index is 0.501. The van der Waals surface area contributed by atoms with Crippen molar-refractivity contribution in [3.63, 3.8) is 0 Å². The molecule has 0 unspecified atom stereocenters. The third-order valence-electron chi connectivity index (χ3n) is 2.54. The molecule has 6 heteroatoms. The van der Waals surface area contributed by atoms with Gasteiger partial charge in [0.25, 0.3) is 0 Å². The van der Waals surface area contributed by atoms with Gasteiger partial charge in [-0.2, -0.15) is 0 Å². The van der Waals surface area contributed by atoms with Crippen LogP contribution in [0.3, 0.4) is 0 Å². The first kappa shape index (κ1) is 13.0. The molecule has 1 aromatic rings. The number of rotatable bonds is 2. The highest BCUT2D eigenvalue weighted by Gasteiger charge is 2.16. The number of nitrogens with two attached hydrogens (primary N) is 1. The molecule has 18 heavy (non-hydrogen) atoms. The van der Waals surface area contributed by atoms with Gasteiger partial charge < -0.3 is 20.1 Å². The van der Waals surface area contributed by atoms with Gasteiger partial charge in [0.2, 0.25) is 0 Å². The molecule has 0 radical (unpaired) electrons. The van der Waals surface area contributed by atoms with Crippen LogP contribution in [-0.4, -0.2) is 38.2 Å². The van der Waals surface area contributed by atoms with Crippen LogP contribution in [0.2, 0.25) is 0 Å². The van der Waals surface area contributed by atoms with Gasteiger partial charge in [-0.25, -0.2) is 4.99 Å². The monoisotopic (exact) mass is 313 g/mol. The largest absolute Gasteiger partial charge is 0.486 e. The fourth-order valence-electron chi connectivity index (χ4n) is 1.57. The highest BCUT2D eigenvalue weighted by atomic mass is 79.9. The van der Waals surface area contributed by atoms with Crippen LogP contribution >= 0.6 is 15.9 Å². The summed E-state index contributed by atoms with van der Waals surface area (Å²) < 4.78 is 12.0. The smallest absolute Gasteiger partial charge is 0.191 e. The Labute approximate surface area is 115 Å². The fraction of sp³-hybridized carbons (Fsp3) is 0.417. The van der Waals surface area contributed by atoms with Crippen molar-refractivity contribution in [1.29, 1.82) is 0 Å². The Morgan fingerprint density at radius 1 is 1.39 bits per heavy atom. The molecular formula is C12H16BrN3O2. The molecule has 0 fully saturated rings. The average Bonchev–Trinajstić information content (AvgIpc) is 2.36. The van der Waals surface area contributed by atoms with Gasteiger partial charge in [0.1, 0.15) is 13.2 Å². The minimum absolute atomic E-state index is 0.501. The van der Waals surface area contributed by atoms with E-state index in [-0.39, 0.29) is 0 Å². The van der Waals surface area contributed by atoms with E-state index >= 15 is 0 Å². The third kappa shape index (κ3) is 2.87. The summed E-state index contributed by atoms with van der Waals surface area (Å²) in [5.41, 5.74) is 6.77. The molecule has 0 aliphatic carbocycles. The van der Waals surface area contributed by atoms with E-state index in [9.17, 15) is 0 Å². The van der Waals surface area contributed by atoms with Crippen LogP contribution in [0.25, 0.3) is 0 Å². The number of ether oxygens (including phenoxy) is 2. The van der Waals surface area contributed by atoms with Crippen molar-refractivity contribution >= 4 is 21.9 Å². The van der Waals surface area contributed by atoms with Crippen LogP contribution in [0.1, 0.15) is 5.56 Å². The Morgan fingerprint density at radius 3 is 2.83 bits per heavy atom. The van der Waals surface area contributed by atoms with Gasteiger partial charge in [-0.05, 0) is 33.6 Å². The molecule has 0 amide bonds. The van der Waals surface area contributed by atoms with E-state index in [1.165, 1.54) is 0 Å². The summed E-state index contributed by atoms with van der Waals surface area (Å²) in [6.45, 7) is 1.67. The Morgan fingerprint density at radius 2 is 2.11 bits per heavy atom. The van der Waals surface area contributed by atoms with E-state index in [0.29, 0.717) is 25.7 Å². The van der Waals surface area contributed by atoms with Crippen molar-refractivity contribution in [2.45, 2.75) is 6.54 Å². The van der Waals surface area contributed by atoms with Crippen LogP contribution in [0.4, 0.5) is 0 Å². The van der Waals surface area contributed by atoms with E-state index in [1.54, 1.807) is 4.90 Å². The van der Waals surface area contributed by atoms with E-state index in [4.69, 9.17) is 15.2 Å². The molecule has 1 aliphatic heterocycles. The van der Waals surface area contributed by atoms with Crippen molar-refractivity contribution in [1.82, 2.24) is 4.90 Å². The van der Waals surface area contributed by atoms with Gasteiger partial charge in [0.15, 0.2) is 17.5 Å². The maximum Gasteiger partial charge on any atom is 0.191 e. The number of benzene rings is 1. The second kappa shape index (κ2) is 5.48. The zero-order valence-corrected chi connectivity index (χ0v) is 12.0. The number of nitrogens with zero attached hydrogens (tertiary/aromatic N) is 2. The topological polar surface area (TPSA) is 60.1 Å². The number of hydrogen-bond acceptors (Lipinski definition) is 3. The van der Waals surface area contributed by atoms with Crippen LogP contribution in [0.15, 0.2) is 21.6 Å². The standard InChI is InChI=1S/C12H16BrN3O2/c1-16(2)12(14)15-7-8-5-9(13)11-10(6-8)17-3-4-18-11/h5-6H,3-4,7H2,1-2H3,(H2,14,15). The first-order valence-corrected chi connectivity index (χ1v) is 6.42. The lowest BCUT2D eigenvalue weighted by Gasteiger charge is -2.20. The van der Waals surface area contributed by atoms with E-state index in [0.717, 1.165) is 21.5 Å². The van der Waals surface area contributed by atoms with Gasteiger partial charge in [-0.1, -0.05) is 0 Å². The Kier molecular flexibility index (Phi) is 3.96. The summed E-state index contributed by atoms with van der Waals surface area (Å²) in [5.74, 6) is 2.01. The Balaban J connectivity index is 2.20. The molecule has 0 saturated heterocycles. The Bertz CT molecular complexity index is 475. The number of halogens is 1. The molecule has 0 bridgehead atoms. The second-order valence-corrected chi connectivity index (χ2v) is 5.03. The lowest BCUT2D eigenvalue weighted by atomic mass is 10.2. The number of hydrogen-bond donors (Lipinski definition) is 1. The summed E-state index contributed by atoms with van der Waals surface area (Å²) in [6.07, 6.45) is 0. The van der Waals surface area contributed by atoms with Gasteiger partial charge in [-0.3, -0.25) is 0 Å². The van der Waals surface area contributed by atoms with Gasteiger partial charge in [0, 0.05) is 14.1 Å². The molecule has 1 aromatic carbocycles. The molecule has 2 N–H and O–H groups in total. The van der Waals surface area contributed by atoms with Crippen LogP contribution < -0.4 is 15.2 Å². The molecule has 98 valence electrons. The maximum atomic E-state index is 5.75. The SMILES string of the molecule is CN(C)C(N)=NCc1cc(Br)c2c(c1)OCCO2. The van der Waals surface area contributed by atoms with Crippen molar-refractivity contribution in [3.8, 4) is 11.5 Å². The summed E-state index contributed by atoms with van der Waals surface area (Å²) in [7, 11) is 3.72. The molecule has 0 spiro atoms. The van der Waals surface area contributed by atoms with E-state index in [1.807, 2.05) is 26.2 Å². The first-order valence-electron chi connectivity index (χ1n) is 5.63. The fourth-order valence-corrected chi connectivity index (χ4v) is 2.17. The lowest BCUT2D eigenvalue weighted by Crippen LogP contribution is -2.30. The molecule has 0 atom stereocenters. The molecule has 1 heterocycles. The van der Waals surface area contributed by atoms with Crippen molar-refractivity contribution in [3.05, 3.63) is 22.2 Å². The number of aliphatic imine (C=N–C) groups is 1. The predicted octanol–water partition coefficient (Wildman–Crippen LogP) is 1.60. The van der Waals surface area contributed by atoms with Crippen LogP contribution in [0.5, 0.6) is 11.5 Å². The molecule has 2 rings (SSSR count). The highest BCUT2D eigenvalue weighted by molar-refractivity contribution is 9.10. The molecule has 1 aliphatic rings. The van der Waals surface area contributed by atoms with E-state index in [2.05, 4.69) is 20.9 Å². The van der Waals surface area contributed by atoms with E-state index < -0.39 is 0 Å². The minimum Gasteiger partial charge on any atom is -0.486 e. The zero-order valence-electron chi connectivity index (χ0n) is 10.4. The van der Waals surface area contributed by atoms with Crippen LogP contribution in [-0.2, 0) is 6.54 Å². The summed E-state index contributed by atoms with van der Waals surface area (Å²) in [6, 6.07) is 3.91. The first-order chi connectivity index (χ1) is 8.58. The molecule has 0 saturated carbocycles. The summed E-state index contributed by atoms with van der Waals surface area (Å²) in [5, 5.41) is 0. The highest BCUT2D eigenvalue weighted by Crippen LogP contribution is 2.38. The summed E-state index contributed by atoms with van der Waals surface area (Å²) >= 11 is 3.47. The summed E-state index contributed by atoms with van der Waals surface area (Å²) in [4.78, 5) is 6.06. The van der Waals surface area contributed by atoms with Gasteiger partial charge in [0.05, 0.1) is 11.0 Å². The lowest BCUT2D eigenvalue weighted by molar-refractivity contribution is 0.170. The van der Waals surface area contributed by atoms with Crippen molar-refractivity contribution in [2.24, 2.45) is 10.7 Å². The molecular weight excluding hydrogens is 298 g/mol. The van der Waals surface area contributed by atoms with Crippen LogP contribution in [0, 0.1) is 0 Å². The number of guanidine groups is 1. The quantitative estimate of drug-likeness (QED) is 0.665. The predicted molar refractivity (Wildman–Crippen MR) is 74.1 cm³/mol. The zero-order chi connectivity index (χ0) is 13.1. The maximum absolute atomic E-state index is 5.75. The normalized spacial score (nSPS) is 14.5. The third-order valence-corrected chi connectivity index (χ3v) is 3.13. The second-order valence-electron chi connectivity index (χ2n) is 4.17. The van der Waals surface area contributed by atoms with Gasteiger partial charge >= 0.3 is 0 Å². The molecule has 0 aromatic heterocycles. The molecule has 5 nitrogen and oxygen atoms in total.